The number of rotatable bonds is 3. The van der Waals surface area contributed by atoms with E-state index < -0.39 is 11.9 Å². The lowest BCUT2D eigenvalue weighted by molar-refractivity contribution is -0.141. The third-order valence-corrected chi connectivity index (χ3v) is 1.91. The molecule has 1 heterocycles. The first-order valence-electron chi connectivity index (χ1n) is 4.96. The second kappa shape index (κ2) is 4.67. The Hall–Kier alpha value is -1.33. The quantitative estimate of drug-likeness (QED) is 0.872. The predicted octanol–water partition coefficient (Wildman–Crippen LogP) is 2.74. The van der Waals surface area contributed by atoms with Gasteiger partial charge < -0.3 is 5.32 Å². The standard InChI is InChI=1S/C10H14F3N3/c1-6(2)4-7-5-8(10(11,12)13)16-9(14-3)15-7/h5-6H,4H2,1-3H3,(H,14,15,16). The van der Waals surface area contributed by atoms with Crippen molar-refractivity contribution in [3.63, 3.8) is 0 Å². The molecule has 0 aliphatic carbocycles. The molecule has 0 aromatic carbocycles. The van der Waals surface area contributed by atoms with E-state index in [0.29, 0.717) is 12.1 Å². The van der Waals surface area contributed by atoms with Crippen LogP contribution in [0, 0.1) is 5.92 Å². The van der Waals surface area contributed by atoms with E-state index in [1.807, 2.05) is 13.8 Å². The van der Waals surface area contributed by atoms with Crippen molar-refractivity contribution in [3.05, 3.63) is 17.5 Å². The molecule has 0 atom stereocenters. The van der Waals surface area contributed by atoms with Crippen molar-refractivity contribution in [1.29, 1.82) is 0 Å². The highest BCUT2D eigenvalue weighted by molar-refractivity contribution is 5.28. The minimum Gasteiger partial charge on any atom is -0.357 e. The van der Waals surface area contributed by atoms with Crippen LogP contribution in [0.15, 0.2) is 6.07 Å². The molecule has 90 valence electrons. The Bertz CT molecular complexity index is 361. The maximum Gasteiger partial charge on any atom is 0.433 e. The minimum absolute atomic E-state index is 0.00507. The largest absolute Gasteiger partial charge is 0.433 e. The lowest BCUT2D eigenvalue weighted by Crippen LogP contribution is -2.13. The summed E-state index contributed by atoms with van der Waals surface area (Å²) in [7, 11) is 1.49. The summed E-state index contributed by atoms with van der Waals surface area (Å²) < 4.78 is 37.5. The van der Waals surface area contributed by atoms with Crippen molar-refractivity contribution in [2.75, 3.05) is 12.4 Å². The molecule has 1 aromatic heterocycles. The zero-order chi connectivity index (χ0) is 12.3. The normalized spacial score (nSPS) is 11.9. The smallest absolute Gasteiger partial charge is 0.357 e. The van der Waals surface area contributed by atoms with Crippen molar-refractivity contribution in [2.45, 2.75) is 26.4 Å². The van der Waals surface area contributed by atoms with E-state index in [1.165, 1.54) is 7.05 Å². The molecule has 0 fully saturated rings. The van der Waals surface area contributed by atoms with Crippen LogP contribution < -0.4 is 5.32 Å². The molecule has 0 spiro atoms. The Morgan fingerprint density at radius 2 is 1.94 bits per heavy atom. The van der Waals surface area contributed by atoms with Gasteiger partial charge in [0.25, 0.3) is 0 Å². The average Bonchev–Trinajstić information content (AvgIpc) is 2.14. The van der Waals surface area contributed by atoms with Gasteiger partial charge in [0, 0.05) is 12.7 Å². The maximum absolute atomic E-state index is 12.5. The highest BCUT2D eigenvalue weighted by atomic mass is 19.4. The van der Waals surface area contributed by atoms with Crippen LogP contribution in [0.25, 0.3) is 0 Å². The van der Waals surface area contributed by atoms with Gasteiger partial charge in [-0.15, -0.1) is 0 Å². The Labute approximate surface area is 92.1 Å². The van der Waals surface area contributed by atoms with Crippen molar-refractivity contribution >= 4 is 5.95 Å². The highest BCUT2D eigenvalue weighted by Gasteiger charge is 2.33. The van der Waals surface area contributed by atoms with Gasteiger partial charge in [-0.25, -0.2) is 9.97 Å². The van der Waals surface area contributed by atoms with Crippen LogP contribution in [-0.2, 0) is 12.6 Å². The number of alkyl halides is 3. The molecular formula is C10H14F3N3. The number of halogens is 3. The molecule has 1 N–H and O–H groups in total. The molecule has 6 heteroatoms. The fourth-order valence-corrected chi connectivity index (χ4v) is 1.28. The highest BCUT2D eigenvalue weighted by Crippen LogP contribution is 2.28. The number of nitrogens with one attached hydrogen (secondary N) is 1. The molecule has 0 radical (unpaired) electrons. The van der Waals surface area contributed by atoms with Crippen LogP contribution in [0.1, 0.15) is 25.2 Å². The summed E-state index contributed by atoms with van der Waals surface area (Å²) in [5.74, 6) is 0.256. The third kappa shape index (κ3) is 3.36. The van der Waals surface area contributed by atoms with E-state index in [2.05, 4.69) is 15.3 Å². The van der Waals surface area contributed by atoms with E-state index in [4.69, 9.17) is 0 Å². The number of anilines is 1. The summed E-state index contributed by atoms with van der Waals surface area (Å²) in [5, 5.41) is 2.53. The lowest BCUT2D eigenvalue weighted by atomic mass is 10.1. The van der Waals surface area contributed by atoms with E-state index in [1.54, 1.807) is 0 Å². The van der Waals surface area contributed by atoms with Gasteiger partial charge in [0.1, 0.15) is 5.69 Å². The second-order valence-corrected chi connectivity index (χ2v) is 3.91. The van der Waals surface area contributed by atoms with Gasteiger partial charge >= 0.3 is 6.18 Å². The second-order valence-electron chi connectivity index (χ2n) is 3.91. The molecule has 16 heavy (non-hydrogen) atoms. The molecule has 0 bridgehead atoms. The van der Waals surface area contributed by atoms with Crippen molar-refractivity contribution in [3.8, 4) is 0 Å². The summed E-state index contributed by atoms with van der Waals surface area (Å²) in [4.78, 5) is 7.37. The SMILES string of the molecule is CNc1nc(CC(C)C)cc(C(F)(F)F)n1. The van der Waals surface area contributed by atoms with Crippen LogP contribution in [0.3, 0.4) is 0 Å². The molecule has 1 aromatic rings. The summed E-state index contributed by atoms with van der Waals surface area (Å²) in [5.41, 5.74) is -0.496. The third-order valence-electron chi connectivity index (χ3n) is 1.91. The van der Waals surface area contributed by atoms with Gasteiger partial charge in [-0.1, -0.05) is 13.8 Å². The van der Waals surface area contributed by atoms with Gasteiger partial charge in [0.15, 0.2) is 0 Å². The fraction of sp³-hybridized carbons (Fsp3) is 0.600. The van der Waals surface area contributed by atoms with Crippen LogP contribution in [-0.4, -0.2) is 17.0 Å². The van der Waals surface area contributed by atoms with E-state index in [0.717, 1.165) is 6.07 Å². The molecule has 0 unspecified atom stereocenters. The molecule has 0 saturated heterocycles. The first kappa shape index (κ1) is 12.7. The number of hydrogen-bond acceptors (Lipinski definition) is 3. The minimum atomic E-state index is -4.43. The van der Waals surface area contributed by atoms with Gasteiger partial charge in [-0.05, 0) is 18.4 Å². The maximum atomic E-state index is 12.5. The Morgan fingerprint density at radius 3 is 2.38 bits per heavy atom. The first-order chi connectivity index (χ1) is 7.32. The summed E-state index contributed by atoms with van der Waals surface area (Å²) in [6.07, 6.45) is -3.93. The summed E-state index contributed by atoms with van der Waals surface area (Å²) in [6.45, 7) is 3.85. The first-order valence-corrected chi connectivity index (χ1v) is 4.96. The molecule has 0 saturated carbocycles. The Morgan fingerprint density at radius 1 is 1.31 bits per heavy atom. The molecule has 0 amide bonds. The van der Waals surface area contributed by atoms with E-state index in [-0.39, 0.29) is 11.9 Å². The van der Waals surface area contributed by atoms with Crippen molar-refractivity contribution in [2.24, 2.45) is 5.92 Å². The van der Waals surface area contributed by atoms with Gasteiger partial charge in [-0.2, -0.15) is 13.2 Å². The molecular weight excluding hydrogens is 219 g/mol. The van der Waals surface area contributed by atoms with Gasteiger partial charge in [0.2, 0.25) is 5.95 Å². The van der Waals surface area contributed by atoms with Crippen LogP contribution in [0.4, 0.5) is 19.1 Å². The van der Waals surface area contributed by atoms with Crippen LogP contribution in [0.5, 0.6) is 0 Å². The zero-order valence-corrected chi connectivity index (χ0v) is 9.39. The summed E-state index contributed by atoms with van der Waals surface area (Å²) in [6, 6.07) is 1.00. The van der Waals surface area contributed by atoms with Gasteiger partial charge in [0.05, 0.1) is 0 Å². The predicted molar refractivity (Wildman–Crippen MR) is 55.1 cm³/mol. The average molecular weight is 233 g/mol. The number of hydrogen-bond donors (Lipinski definition) is 1. The lowest BCUT2D eigenvalue weighted by Gasteiger charge is -2.11. The molecule has 1 rings (SSSR count). The van der Waals surface area contributed by atoms with Crippen LogP contribution in [0.2, 0.25) is 0 Å². The van der Waals surface area contributed by atoms with Crippen molar-refractivity contribution in [1.82, 2.24) is 9.97 Å². The van der Waals surface area contributed by atoms with Crippen LogP contribution >= 0.6 is 0 Å². The fourth-order valence-electron chi connectivity index (χ4n) is 1.28. The monoisotopic (exact) mass is 233 g/mol. The van der Waals surface area contributed by atoms with Gasteiger partial charge in [-0.3, -0.25) is 0 Å². The molecule has 0 aliphatic heterocycles. The van der Waals surface area contributed by atoms with E-state index >= 15 is 0 Å². The zero-order valence-electron chi connectivity index (χ0n) is 9.39. The molecule has 0 aliphatic rings. The Balaban J connectivity index is 3.11. The molecule has 3 nitrogen and oxygen atoms in total. The van der Waals surface area contributed by atoms with E-state index in [9.17, 15) is 13.2 Å². The number of aromatic nitrogens is 2. The van der Waals surface area contributed by atoms with Crippen molar-refractivity contribution < 1.29 is 13.2 Å². The number of nitrogens with zero attached hydrogens (tertiary/aromatic N) is 2. The topological polar surface area (TPSA) is 37.8 Å². The Kier molecular flexibility index (Phi) is 3.72. The summed E-state index contributed by atoms with van der Waals surface area (Å²) >= 11 is 0.